The number of aliphatic hydroxyl groups is 1. The Hall–Kier alpha value is -1.65. The molecule has 0 bridgehead atoms. The van der Waals surface area contributed by atoms with Gasteiger partial charge in [-0.3, -0.25) is 4.21 Å². The van der Waals surface area contributed by atoms with Crippen LogP contribution in [-0.2, 0) is 16.4 Å². The summed E-state index contributed by atoms with van der Waals surface area (Å²) in [5.74, 6) is -0.0511. The lowest BCUT2D eigenvalue weighted by atomic mass is 9.88. The number of hydrogen-bond donors (Lipinski definition) is 1. The molecule has 128 valence electrons. The quantitative estimate of drug-likeness (QED) is 0.662. The van der Waals surface area contributed by atoms with Gasteiger partial charge in [0.15, 0.2) is 0 Å². The first-order chi connectivity index (χ1) is 12.0. The number of hydrogen-bond acceptors (Lipinski definition) is 2. The molecule has 2 nitrogen and oxygen atoms in total. The molecule has 25 heavy (non-hydrogen) atoms. The first-order valence-corrected chi connectivity index (χ1v) is 9.75. The third-order valence-electron chi connectivity index (χ3n) is 3.99. The summed E-state index contributed by atoms with van der Waals surface area (Å²) in [6.07, 6.45) is 0. The molecule has 0 fully saturated rings. The van der Waals surface area contributed by atoms with Crippen LogP contribution in [-0.4, -0.2) is 15.1 Å². The van der Waals surface area contributed by atoms with Crippen molar-refractivity contribution in [2.45, 2.75) is 10.5 Å². The Kier molecular flexibility index (Phi) is 5.60. The minimum Gasteiger partial charge on any atom is -0.379 e. The van der Waals surface area contributed by atoms with Crippen molar-refractivity contribution in [1.29, 1.82) is 0 Å². The molecule has 0 aromatic heterocycles. The molecule has 0 amide bonds. The molecule has 0 saturated carbocycles. The Morgan fingerprint density at radius 3 is 1.64 bits per heavy atom. The van der Waals surface area contributed by atoms with Crippen molar-refractivity contribution in [1.82, 2.24) is 0 Å². The van der Waals surface area contributed by atoms with Crippen LogP contribution in [0.3, 0.4) is 0 Å². The summed E-state index contributed by atoms with van der Waals surface area (Å²) in [7, 11) is -1.59. The molecule has 0 spiro atoms. The fourth-order valence-electron chi connectivity index (χ4n) is 2.72. The summed E-state index contributed by atoms with van der Waals surface area (Å²) in [5, 5.41) is 12.1. The second kappa shape index (κ2) is 7.71. The Bertz CT molecular complexity index is 823. The maximum absolute atomic E-state index is 13.0. The lowest BCUT2D eigenvalue weighted by molar-refractivity contribution is 0.106. The predicted molar refractivity (Wildman–Crippen MR) is 104 cm³/mol. The molecule has 0 aliphatic heterocycles. The van der Waals surface area contributed by atoms with Crippen LogP contribution in [0.25, 0.3) is 0 Å². The van der Waals surface area contributed by atoms with Crippen molar-refractivity contribution in [3.63, 3.8) is 0 Å². The molecule has 5 heteroatoms. The second-order valence-electron chi connectivity index (χ2n) is 5.63. The van der Waals surface area contributed by atoms with Gasteiger partial charge >= 0.3 is 0 Å². The van der Waals surface area contributed by atoms with Gasteiger partial charge in [0, 0.05) is 0 Å². The van der Waals surface area contributed by atoms with E-state index in [0.29, 0.717) is 26.1 Å². The summed E-state index contributed by atoms with van der Waals surface area (Å²) in [4.78, 5) is 0.344. The minimum atomic E-state index is -1.59. The van der Waals surface area contributed by atoms with Gasteiger partial charge in [-0.15, -0.1) is 0 Å². The lowest BCUT2D eigenvalue weighted by Gasteiger charge is -2.29. The molecule has 0 heterocycles. The van der Waals surface area contributed by atoms with E-state index in [1.807, 2.05) is 60.7 Å². The SMILES string of the molecule is O=S(CC(O)(c1ccccc1)c1ccccc1)c1c(Cl)cccc1Cl. The van der Waals surface area contributed by atoms with Gasteiger partial charge in [-0.25, -0.2) is 0 Å². The van der Waals surface area contributed by atoms with Gasteiger partial charge in [-0.05, 0) is 23.3 Å². The Morgan fingerprint density at radius 1 is 0.760 bits per heavy atom. The van der Waals surface area contributed by atoms with E-state index < -0.39 is 16.4 Å². The molecular formula is C20H16Cl2O2S. The smallest absolute Gasteiger partial charge is 0.126 e. The second-order valence-corrected chi connectivity index (χ2v) is 7.84. The van der Waals surface area contributed by atoms with E-state index in [0.717, 1.165) is 0 Å². The molecule has 1 unspecified atom stereocenters. The summed E-state index contributed by atoms with van der Waals surface area (Å²) < 4.78 is 13.0. The Morgan fingerprint density at radius 2 is 1.20 bits per heavy atom. The summed E-state index contributed by atoms with van der Waals surface area (Å²) in [6, 6.07) is 23.4. The first-order valence-electron chi connectivity index (χ1n) is 7.68. The number of halogens is 2. The summed E-state index contributed by atoms with van der Waals surface area (Å²) >= 11 is 12.4. The standard InChI is InChI=1S/C20H16Cl2O2S/c21-17-12-7-13-18(22)19(17)25(24)14-20(23,15-8-3-1-4-9-15)16-10-5-2-6-11-16/h1-13,23H,14H2. The van der Waals surface area contributed by atoms with Crippen LogP contribution in [0.1, 0.15) is 11.1 Å². The van der Waals surface area contributed by atoms with E-state index in [4.69, 9.17) is 23.2 Å². The maximum atomic E-state index is 13.0. The van der Waals surface area contributed by atoms with Crippen LogP contribution in [0, 0.1) is 0 Å². The normalized spacial score (nSPS) is 12.8. The molecule has 0 aliphatic rings. The predicted octanol–water partition coefficient (Wildman–Crippen LogP) is 5.04. The van der Waals surface area contributed by atoms with E-state index in [2.05, 4.69) is 0 Å². The van der Waals surface area contributed by atoms with Crippen LogP contribution in [0.5, 0.6) is 0 Å². The largest absolute Gasteiger partial charge is 0.379 e. The summed E-state index contributed by atoms with van der Waals surface area (Å²) in [5.41, 5.74) is -0.0916. The van der Waals surface area contributed by atoms with Gasteiger partial charge in [0.05, 0.1) is 31.5 Å². The molecule has 0 saturated heterocycles. The highest BCUT2D eigenvalue weighted by Gasteiger charge is 2.34. The lowest BCUT2D eigenvalue weighted by Crippen LogP contribution is -2.34. The highest BCUT2D eigenvalue weighted by atomic mass is 35.5. The zero-order chi connectivity index (χ0) is 17.9. The van der Waals surface area contributed by atoms with Gasteiger partial charge in [0.2, 0.25) is 0 Å². The van der Waals surface area contributed by atoms with E-state index in [-0.39, 0.29) is 5.75 Å². The highest BCUT2D eigenvalue weighted by Crippen LogP contribution is 2.35. The zero-order valence-electron chi connectivity index (χ0n) is 13.2. The fourth-order valence-corrected chi connectivity index (χ4v) is 5.06. The molecule has 3 aromatic rings. The fraction of sp³-hybridized carbons (Fsp3) is 0.100. The molecular weight excluding hydrogens is 375 g/mol. The average Bonchev–Trinajstić information content (AvgIpc) is 2.63. The van der Waals surface area contributed by atoms with Crippen LogP contribution in [0.4, 0.5) is 0 Å². The Balaban J connectivity index is 2.06. The van der Waals surface area contributed by atoms with Gasteiger partial charge in [0.1, 0.15) is 5.60 Å². The molecule has 3 rings (SSSR count). The minimum absolute atomic E-state index is 0.0511. The molecule has 0 radical (unpaired) electrons. The monoisotopic (exact) mass is 390 g/mol. The van der Waals surface area contributed by atoms with Gasteiger partial charge in [0.25, 0.3) is 0 Å². The van der Waals surface area contributed by atoms with E-state index in [1.54, 1.807) is 18.2 Å². The van der Waals surface area contributed by atoms with Crippen molar-refractivity contribution >= 4 is 34.0 Å². The van der Waals surface area contributed by atoms with Crippen LogP contribution < -0.4 is 0 Å². The zero-order valence-corrected chi connectivity index (χ0v) is 15.6. The maximum Gasteiger partial charge on any atom is 0.126 e. The topological polar surface area (TPSA) is 37.3 Å². The van der Waals surface area contributed by atoms with Crippen LogP contribution >= 0.6 is 23.2 Å². The van der Waals surface area contributed by atoms with Crippen LogP contribution in [0.2, 0.25) is 10.0 Å². The van der Waals surface area contributed by atoms with Gasteiger partial charge < -0.3 is 5.11 Å². The van der Waals surface area contributed by atoms with Crippen molar-refractivity contribution in [3.05, 3.63) is 100 Å². The average molecular weight is 391 g/mol. The third kappa shape index (κ3) is 3.80. The van der Waals surface area contributed by atoms with Crippen molar-refractivity contribution in [2.24, 2.45) is 0 Å². The van der Waals surface area contributed by atoms with Crippen molar-refractivity contribution in [2.75, 3.05) is 5.75 Å². The van der Waals surface area contributed by atoms with Gasteiger partial charge in [-0.2, -0.15) is 0 Å². The van der Waals surface area contributed by atoms with E-state index in [1.165, 1.54) is 0 Å². The molecule has 3 aromatic carbocycles. The number of rotatable bonds is 5. The number of benzene rings is 3. The highest BCUT2D eigenvalue weighted by molar-refractivity contribution is 7.85. The van der Waals surface area contributed by atoms with E-state index in [9.17, 15) is 9.32 Å². The Labute approximate surface area is 159 Å². The molecule has 0 aliphatic carbocycles. The van der Waals surface area contributed by atoms with E-state index >= 15 is 0 Å². The van der Waals surface area contributed by atoms with Gasteiger partial charge in [-0.1, -0.05) is 89.9 Å². The summed E-state index contributed by atoms with van der Waals surface area (Å²) in [6.45, 7) is 0. The third-order valence-corrected chi connectivity index (χ3v) is 6.42. The van der Waals surface area contributed by atoms with Crippen molar-refractivity contribution < 1.29 is 9.32 Å². The molecule has 1 atom stereocenters. The van der Waals surface area contributed by atoms with Crippen LogP contribution in [0.15, 0.2) is 83.8 Å². The first kappa shape index (κ1) is 18.2. The molecule has 1 N–H and O–H groups in total. The van der Waals surface area contributed by atoms with Crippen molar-refractivity contribution in [3.8, 4) is 0 Å².